The van der Waals surface area contributed by atoms with Crippen LogP contribution in [-0.2, 0) is 23.8 Å². The molecule has 1 aromatic carbocycles. The summed E-state index contributed by atoms with van der Waals surface area (Å²) in [5.41, 5.74) is 0.0722. The standard InChI is InChI=1S/C26H24FN3O9S/c1-3-39-26(34)21-17(13-38-11-10-29-23(31)14-6-4-5-7-15(14)24(29)32)28-16(12-27)20(25(33)37-2)22(21)18-8-9-19(40-18)30(35)36/h4-9,22,28H,3,10-13H2,1-2H3. The predicted molar refractivity (Wildman–Crippen MR) is 138 cm³/mol. The molecule has 4 rings (SSSR count). The summed E-state index contributed by atoms with van der Waals surface area (Å²) in [4.78, 5) is 63.1. The minimum atomic E-state index is -1.24. The molecule has 3 heterocycles. The number of carbonyl (C=O) groups excluding carboxylic acids is 4. The third-order valence-corrected chi connectivity index (χ3v) is 7.33. The number of nitrogens with one attached hydrogen (secondary N) is 1. The Hall–Kier alpha value is -4.43. The molecule has 0 saturated heterocycles. The molecule has 2 aliphatic rings. The Morgan fingerprint density at radius 1 is 1.07 bits per heavy atom. The van der Waals surface area contributed by atoms with Crippen molar-refractivity contribution in [1.82, 2.24) is 10.2 Å². The number of methoxy groups -OCH3 is 1. The number of esters is 2. The summed E-state index contributed by atoms with van der Waals surface area (Å²) in [6, 6.07) is 9.00. The lowest BCUT2D eigenvalue weighted by Gasteiger charge is -2.30. The van der Waals surface area contributed by atoms with E-state index in [1.54, 1.807) is 31.2 Å². The Kier molecular flexibility index (Phi) is 8.70. The van der Waals surface area contributed by atoms with Crippen LogP contribution in [0, 0.1) is 10.1 Å². The molecule has 0 aliphatic carbocycles. The van der Waals surface area contributed by atoms with Crippen LogP contribution in [0.1, 0.15) is 38.4 Å². The van der Waals surface area contributed by atoms with E-state index in [0.29, 0.717) is 11.3 Å². The molecule has 40 heavy (non-hydrogen) atoms. The molecule has 0 fully saturated rings. The topological polar surface area (TPSA) is 154 Å². The van der Waals surface area contributed by atoms with Crippen LogP contribution >= 0.6 is 11.3 Å². The number of benzene rings is 1. The van der Waals surface area contributed by atoms with Crippen LogP contribution in [0.5, 0.6) is 0 Å². The molecule has 0 spiro atoms. The average Bonchev–Trinajstić information content (AvgIpc) is 3.54. The van der Waals surface area contributed by atoms with Gasteiger partial charge in [-0.05, 0) is 25.1 Å². The van der Waals surface area contributed by atoms with E-state index in [-0.39, 0.29) is 69.9 Å². The van der Waals surface area contributed by atoms with E-state index in [1.165, 1.54) is 12.1 Å². The van der Waals surface area contributed by atoms with Gasteiger partial charge in [0.2, 0.25) is 0 Å². The number of allylic oxidation sites excluding steroid dienone is 1. The second kappa shape index (κ2) is 12.2. The van der Waals surface area contributed by atoms with Crippen LogP contribution in [-0.4, -0.2) is 73.7 Å². The highest BCUT2D eigenvalue weighted by Gasteiger charge is 2.41. The number of halogens is 1. The molecule has 0 saturated carbocycles. The van der Waals surface area contributed by atoms with Crippen molar-refractivity contribution in [3.63, 3.8) is 0 Å². The fraction of sp³-hybridized carbons (Fsp3) is 0.308. The predicted octanol–water partition coefficient (Wildman–Crippen LogP) is 2.87. The maximum atomic E-state index is 14.2. The maximum Gasteiger partial charge on any atom is 0.336 e. The van der Waals surface area contributed by atoms with Crippen molar-refractivity contribution < 1.29 is 42.7 Å². The zero-order valence-electron chi connectivity index (χ0n) is 21.4. The van der Waals surface area contributed by atoms with Crippen molar-refractivity contribution in [2.75, 3.05) is 40.1 Å². The first-order chi connectivity index (χ1) is 19.2. The molecule has 0 radical (unpaired) electrons. The van der Waals surface area contributed by atoms with Gasteiger partial charge in [0, 0.05) is 10.9 Å². The van der Waals surface area contributed by atoms with Crippen molar-refractivity contribution in [2.45, 2.75) is 12.8 Å². The summed E-state index contributed by atoms with van der Waals surface area (Å²) in [5, 5.41) is 13.8. The van der Waals surface area contributed by atoms with Crippen LogP contribution in [0.4, 0.5) is 9.39 Å². The summed E-state index contributed by atoms with van der Waals surface area (Å²) in [6.07, 6.45) is 0. The van der Waals surface area contributed by atoms with E-state index < -0.39 is 41.3 Å². The summed E-state index contributed by atoms with van der Waals surface area (Å²) in [5.74, 6) is -3.96. The van der Waals surface area contributed by atoms with Crippen molar-refractivity contribution in [1.29, 1.82) is 0 Å². The zero-order valence-corrected chi connectivity index (χ0v) is 22.2. The third-order valence-electron chi connectivity index (χ3n) is 6.22. The number of hydrogen-bond donors (Lipinski definition) is 1. The molecule has 1 aromatic heterocycles. The van der Waals surface area contributed by atoms with Gasteiger partial charge in [0.1, 0.15) is 6.67 Å². The van der Waals surface area contributed by atoms with Gasteiger partial charge in [-0.25, -0.2) is 14.0 Å². The van der Waals surface area contributed by atoms with Crippen molar-refractivity contribution in [3.8, 4) is 0 Å². The smallest absolute Gasteiger partial charge is 0.336 e. The van der Waals surface area contributed by atoms with Gasteiger partial charge in [0.05, 0.1) is 78.0 Å². The molecule has 0 bridgehead atoms. The molecule has 12 nitrogen and oxygen atoms in total. The van der Waals surface area contributed by atoms with Gasteiger partial charge in [-0.1, -0.05) is 23.5 Å². The van der Waals surface area contributed by atoms with Crippen LogP contribution in [0.3, 0.4) is 0 Å². The summed E-state index contributed by atoms with van der Waals surface area (Å²) >= 11 is 0.717. The van der Waals surface area contributed by atoms with Gasteiger partial charge >= 0.3 is 16.9 Å². The molecule has 14 heteroatoms. The lowest BCUT2D eigenvalue weighted by molar-refractivity contribution is -0.380. The number of rotatable bonds is 11. The van der Waals surface area contributed by atoms with Crippen molar-refractivity contribution in [3.05, 3.63) is 85.1 Å². The fourth-order valence-electron chi connectivity index (χ4n) is 4.48. The van der Waals surface area contributed by atoms with E-state index in [4.69, 9.17) is 14.2 Å². The number of fused-ring (bicyclic) bond motifs is 1. The van der Waals surface area contributed by atoms with Crippen molar-refractivity contribution in [2.24, 2.45) is 0 Å². The number of amides is 2. The minimum Gasteiger partial charge on any atom is -0.466 e. The van der Waals surface area contributed by atoms with Gasteiger partial charge in [0.25, 0.3) is 11.8 Å². The highest BCUT2D eigenvalue weighted by atomic mass is 32.1. The Morgan fingerprint density at radius 2 is 1.73 bits per heavy atom. The maximum absolute atomic E-state index is 14.2. The van der Waals surface area contributed by atoms with Crippen LogP contribution < -0.4 is 5.32 Å². The molecule has 210 valence electrons. The molecule has 2 amide bonds. The second-order valence-electron chi connectivity index (χ2n) is 8.48. The highest BCUT2D eigenvalue weighted by Crippen LogP contribution is 2.43. The number of hydrogen-bond acceptors (Lipinski definition) is 11. The van der Waals surface area contributed by atoms with Gasteiger partial charge in [0.15, 0.2) is 0 Å². The Morgan fingerprint density at radius 3 is 2.27 bits per heavy atom. The zero-order chi connectivity index (χ0) is 29.0. The average molecular weight is 574 g/mol. The van der Waals surface area contributed by atoms with Gasteiger partial charge in [-0.3, -0.25) is 24.6 Å². The fourth-order valence-corrected chi connectivity index (χ4v) is 5.42. The monoisotopic (exact) mass is 573 g/mol. The van der Waals surface area contributed by atoms with E-state index in [2.05, 4.69) is 5.32 Å². The summed E-state index contributed by atoms with van der Waals surface area (Å²) in [7, 11) is 1.09. The number of alkyl halides is 1. The van der Waals surface area contributed by atoms with Gasteiger partial charge < -0.3 is 19.5 Å². The molecular weight excluding hydrogens is 549 g/mol. The number of ether oxygens (including phenoxy) is 3. The molecule has 2 aromatic rings. The number of nitrogens with zero attached hydrogens (tertiary/aromatic N) is 2. The first kappa shape index (κ1) is 28.6. The molecule has 1 unspecified atom stereocenters. The number of nitro groups is 1. The van der Waals surface area contributed by atoms with Crippen LogP contribution in [0.2, 0.25) is 0 Å². The number of dihydropyridines is 1. The quantitative estimate of drug-likeness (QED) is 0.140. The Balaban J connectivity index is 1.63. The van der Waals surface area contributed by atoms with Gasteiger partial charge in [-0.15, -0.1) is 0 Å². The van der Waals surface area contributed by atoms with Crippen LogP contribution in [0.25, 0.3) is 0 Å². The van der Waals surface area contributed by atoms with E-state index in [9.17, 15) is 33.7 Å². The second-order valence-corrected chi connectivity index (χ2v) is 9.58. The van der Waals surface area contributed by atoms with Crippen molar-refractivity contribution >= 4 is 40.1 Å². The number of carbonyl (C=O) groups is 4. The number of imide groups is 1. The normalized spacial score (nSPS) is 16.7. The lowest BCUT2D eigenvalue weighted by Crippen LogP contribution is -2.37. The molecule has 2 aliphatic heterocycles. The van der Waals surface area contributed by atoms with Crippen LogP contribution in [0.15, 0.2) is 58.9 Å². The molecular formula is C26H24FN3O9S. The number of thiophene rings is 1. The Bertz CT molecular complexity index is 1410. The highest BCUT2D eigenvalue weighted by molar-refractivity contribution is 7.15. The summed E-state index contributed by atoms with van der Waals surface area (Å²) in [6.45, 7) is -0.139. The first-order valence-electron chi connectivity index (χ1n) is 12.0. The Labute approximate surface area is 231 Å². The SMILES string of the molecule is CCOC(=O)C1=C(COCCN2C(=O)c3ccccc3C2=O)NC(CF)=C(C(=O)OC)C1c1ccc([N+](=O)[O-])s1. The largest absolute Gasteiger partial charge is 0.466 e. The summed E-state index contributed by atoms with van der Waals surface area (Å²) < 4.78 is 30.0. The van der Waals surface area contributed by atoms with E-state index in [0.717, 1.165) is 12.0 Å². The van der Waals surface area contributed by atoms with E-state index >= 15 is 0 Å². The van der Waals surface area contributed by atoms with Gasteiger partial charge in [-0.2, -0.15) is 0 Å². The first-order valence-corrected chi connectivity index (χ1v) is 12.9. The minimum absolute atomic E-state index is 0.0270. The lowest BCUT2D eigenvalue weighted by atomic mass is 9.84. The molecule has 1 atom stereocenters. The van der Waals surface area contributed by atoms with E-state index in [1.807, 2.05) is 0 Å². The third kappa shape index (κ3) is 5.35. The molecule has 1 N–H and O–H groups in total.